The van der Waals surface area contributed by atoms with E-state index in [9.17, 15) is 8.42 Å². The van der Waals surface area contributed by atoms with Gasteiger partial charge in [0.2, 0.25) is 10.0 Å². The lowest BCUT2D eigenvalue weighted by Gasteiger charge is -2.32. The Hall–Kier alpha value is -2.16. The first-order valence-electron chi connectivity index (χ1n) is 9.53. The molecule has 0 radical (unpaired) electrons. The van der Waals surface area contributed by atoms with Gasteiger partial charge in [-0.25, -0.2) is 13.4 Å². The van der Waals surface area contributed by atoms with Crippen LogP contribution < -0.4 is 9.64 Å². The van der Waals surface area contributed by atoms with Gasteiger partial charge in [0.05, 0.1) is 7.11 Å². The lowest BCUT2D eigenvalue weighted by molar-refractivity contribution is 0.222. The molecule has 3 heterocycles. The highest BCUT2D eigenvalue weighted by Crippen LogP contribution is 2.27. The molecule has 0 spiro atoms. The number of sulfonamides is 1. The van der Waals surface area contributed by atoms with Gasteiger partial charge in [-0.15, -0.1) is 0 Å². The van der Waals surface area contributed by atoms with Gasteiger partial charge in [-0.3, -0.25) is 0 Å². The summed E-state index contributed by atoms with van der Waals surface area (Å²) in [6.07, 6.45) is 2.42. The van der Waals surface area contributed by atoms with Gasteiger partial charge in [0.1, 0.15) is 16.5 Å². The van der Waals surface area contributed by atoms with Crippen molar-refractivity contribution in [2.24, 2.45) is 0 Å². The second kappa shape index (κ2) is 7.69. The molecule has 0 aliphatic carbocycles. The van der Waals surface area contributed by atoms with Crippen molar-refractivity contribution in [3.8, 4) is 5.75 Å². The highest BCUT2D eigenvalue weighted by Gasteiger charge is 2.28. The van der Waals surface area contributed by atoms with Crippen LogP contribution >= 0.6 is 0 Å². The number of methoxy groups -OCH3 is 1. The predicted molar refractivity (Wildman–Crippen MR) is 108 cm³/mol. The first kappa shape index (κ1) is 19.2. The lowest BCUT2D eigenvalue weighted by atomic mass is 9.99. The molecule has 7 nitrogen and oxygen atoms in total. The Morgan fingerprint density at radius 1 is 1.00 bits per heavy atom. The predicted octanol–water partition coefficient (Wildman–Crippen LogP) is 1.59. The Labute approximate surface area is 166 Å². The van der Waals surface area contributed by atoms with Crippen molar-refractivity contribution in [1.29, 1.82) is 0 Å². The maximum atomic E-state index is 12.9. The molecular formula is C20H26N4O3S. The van der Waals surface area contributed by atoms with Gasteiger partial charge >= 0.3 is 0 Å². The van der Waals surface area contributed by atoms with Crippen LogP contribution in [0, 0.1) is 0 Å². The number of likely N-dealkylation sites (N-methyl/N-ethyl adjacent to an activating group) is 1. The molecular weight excluding hydrogens is 376 g/mol. The number of anilines is 1. The highest BCUT2D eigenvalue weighted by molar-refractivity contribution is 7.89. The molecule has 28 heavy (non-hydrogen) atoms. The summed E-state index contributed by atoms with van der Waals surface area (Å²) >= 11 is 0. The van der Waals surface area contributed by atoms with E-state index >= 15 is 0 Å². The van der Waals surface area contributed by atoms with Gasteiger partial charge in [0.25, 0.3) is 0 Å². The smallest absolute Gasteiger partial charge is 0.244 e. The Balaban J connectivity index is 1.50. The molecule has 0 atom stereocenters. The number of pyridine rings is 1. The molecule has 2 aliphatic heterocycles. The number of hydrogen-bond donors (Lipinski definition) is 0. The first-order valence-corrected chi connectivity index (χ1v) is 11.0. The Bertz CT molecular complexity index is 938. The fourth-order valence-electron chi connectivity index (χ4n) is 3.75. The highest BCUT2D eigenvalue weighted by atomic mass is 32.2. The number of benzene rings is 1. The van der Waals surface area contributed by atoms with E-state index < -0.39 is 10.0 Å². The number of hydrogen-bond acceptors (Lipinski definition) is 6. The largest absolute Gasteiger partial charge is 0.497 e. The van der Waals surface area contributed by atoms with Crippen LogP contribution in [-0.2, 0) is 23.0 Å². The van der Waals surface area contributed by atoms with Crippen molar-refractivity contribution in [3.05, 3.63) is 47.7 Å². The number of nitrogens with zero attached hydrogens (tertiary/aromatic N) is 4. The van der Waals surface area contributed by atoms with E-state index in [1.54, 1.807) is 17.5 Å². The van der Waals surface area contributed by atoms with Crippen molar-refractivity contribution in [3.63, 3.8) is 0 Å². The van der Waals surface area contributed by atoms with Crippen LogP contribution in [0.2, 0.25) is 0 Å². The van der Waals surface area contributed by atoms with Crippen LogP contribution in [0.1, 0.15) is 11.1 Å². The molecule has 1 saturated heterocycles. The molecule has 0 N–H and O–H groups in total. The molecule has 0 bridgehead atoms. The van der Waals surface area contributed by atoms with Crippen LogP contribution in [0.5, 0.6) is 5.75 Å². The van der Waals surface area contributed by atoms with Crippen molar-refractivity contribution in [2.75, 3.05) is 51.8 Å². The monoisotopic (exact) mass is 402 g/mol. The number of rotatable bonds is 4. The zero-order valence-electron chi connectivity index (χ0n) is 16.3. The Morgan fingerprint density at radius 3 is 2.46 bits per heavy atom. The second-order valence-corrected chi connectivity index (χ2v) is 9.30. The van der Waals surface area contributed by atoms with E-state index in [1.165, 1.54) is 17.3 Å². The molecule has 0 unspecified atom stereocenters. The summed E-state index contributed by atoms with van der Waals surface area (Å²) in [4.78, 5) is 9.05. The van der Waals surface area contributed by atoms with E-state index in [2.05, 4.69) is 26.9 Å². The molecule has 150 valence electrons. The van der Waals surface area contributed by atoms with Crippen molar-refractivity contribution < 1.29 is 13.2 Å². The minimum Gasteiger partial charge on any atom is -0.497 e. The van der Waals surface area contributed by atoms with Crippen LogP contribution in [0.15, 0.2) is 41.4 Å². The first-order chi connectivity index (χ1) is 13.5. The fraction of sp³-hybridized carbons (Fsp3) is 0.450. The molecule has 0 amide bonds. The zero-order valence-corrected chi connectivity index (χ0v) is 17.2. The third-order valence-corrected chi connectivity index (χ3v) is 7.45. The van der Waals surface area contributed by atoms with Crippen molar-refractivity contribution >= 4 is 15.8 Å². The summed E-state index contributed by atoms with van der Waals surface area (Å²) < 4.78 is 32.6. The molecule has 2 aliphatic rings. The van der Waals surface area contributed by atoms with Gasteiger partial charge in [0.15, 0.2) is 0 Å². The van der Waals surface area contributed by atoms with Gasteiger partial charge in [-0.2, -0.15) is 4.31 Å². The zero-order chi connectivity index (χ0) is 19.7. The maximum Gasteiger partial charge on any atom is 0.244 e. The van der Waals surface area contributed by atoms with Gasteiger partial charge in [0, 0.05) is 45.5 Å². The minimum absolute atomic E-state index is 0.264. The summed E-state index contributed by atoms with van der Waals surface area (Å²) in [5.41, 5.74) is 2.55. The molecule has 8 heteroatoms. The normalized spacial score (nSPS) is 18.7. The molecule has 0 saturated carbocycles. The Kier molecular flexibility index (Phi) is 5.27. The number of fused-ring (bicyclic) bond motifs is 1. The molecule has 1 aromatic carbocycles. The maximum absolute atomic E-state index is 12.9. The molecule has 1 aromatic heterocycles. The molecule has 1 fully saturated rings. The average molecular weight is 403 g/mol. The average Bonchev–Trinajstić information content (AvgIpc) is 2.73. The fourth-order valence-corrected chi connectivity index (χ4v) is 5.11. The quantitative estimate of drug-likeness (QED) is 0.774. The molecule has 4 rings (SSSR count). The van der Waals surface area contributed by atoms with Crippen LogP contribution in [-0.4, -0.2) is 69.5 Å². The van der Waals surface area contributed by atoms with Gasteiger partial charge in [-0.1, -0.05) is 6.07 Å². The summed E-state index contributed by atoms with van der Waals surface area (Å²) in [5, 5.41) is 0. The van der Waals surface area contributed by atoms with E-state index in [-0.39, 0.29) is 4.90 Å². The third-order valence-electron chi connectivity index (χ3n) is 5.57. The number of aromatic nitrogens is 1. The third kappa shape index (κ3) is 3.72. The SMILES string of the molecule is COc1ccc2c(c1)CN(c1ccc(S(=O)(=O)N3CCN(C)CC3)cn1)CC2. The second-order valence-electron chi connectivity index (χ2n) is 7.37. The van der Waals surface area contributed by atoms with E-state index in [1.807, 2.05) is 19.2 Å². The summed E-state index contributed by atoms with van der Waals surface area (Å²) in [6.45, 7) is 4.14. The number of piperazine rings is 1. The lowest BCUT2D eigenvalue weighted by Crippen LogP contribution is -2.47. The van der Waals surface area contributed by atoms with Gasteiger partial charge in [-0.05, 0) is 48.9 Å². The van der Waals surface area contributed by atoms with Crippen molar-refractivity contribution in [2.45, 2.75) is 17.9 Å². The minimum atomic E-state index is -3.48. The number of ether oxygens (including phenoxy) is 1. The summed E-state index contributed by atoms with van der Waals surface area (Å²) in [5.74, 6) is 1.65. The van der Waals surface area contributed by atoms with Crippen LogP contribution in [0.3, 0.4) is 0 Å². The summed E-state index contributed by atoms with van der Waals surface area (Å²) in [7, 11) is 0.195. The topological polar surface area (TPSA) is 66.0 Å². The molecule has 2 aromatic rings. The Morgan fingerprint density at radius 2 is 1.79 bits per heavy atom. The standard InChI is InChI=1S/C20H26N4O3S/c1-22-9-11-24(12-10-22)28(25,26)19-5-6-20(21-14-19)23-8-7-16-3-4-18(27-2)13-17(16)15-23/h3-6,13-14H,7-12,15H2,1-2H3. The van der Waals surface area contributed by atoms with E-state index in [0.717, 1.165) is 44.2 Å². The summed E-state index contributed by atoms with van der Waals surface area (Å²) in [6, 6.07) is 9.66. The van der Waals surface area contributed by atoms with Crippen LogP contribution in [0.4, 0.5) is 5.82 Å². The van der Waals surface area contributed by atoms with Crippen LogP contribution in [0.25, 0.3) is 0 Å². The van der Waals surface area contributed by atoms with E-state index in [4.69, 9.17) is 4.74 Å². The van der Waals surface area contributed by atoms with E-state index in [0.29, 0.717) is 13.1 Å². The van der Waals surface area contributed by atoms with Gasteiger partial charge < -0.3 is 14.5 Å². The van der Waals surface area contributed by atoms with Crippen molar-refractivity contribution in [1.82, 2.24) is 14.2 Å².